The van der Waals surface area contributed by atoms with Crippen molar-refractivity contribution in [2.45, 2.75) is 25.9 Å². The lowest BCUT2D eigenvalue weighted by Crippen LogP contribution is -2.24. The van der Waals surface area contributed by atoms with Crippen LogP contribution in [0.25, 0.3) is 0 Å². The Balaban J connectivity index is 2.21. The first kappa shape index (κ1) is 9.07. The molecule has 0 amide bonds. The fraction of sp³-hybridized carbons (Fsp3) is 0.400. The summed E-state index contributed by atoms with van der Waals surface area (Å²) in [4.78, 5) is 0. The van der Waals surface area contributed by atoms with Crippen LogP contribution in [-0.4, -0.2) is 6.04 Å². The van der Waals surface area contributed by atoms with Gasteiger partial charge in [0.25, 0.3) is 0 Å². The van der Waals surface area contributed by atoms with E-state index in [1.165, 1.54) is 5.56 Å². The third kappa shape index (κ3) is 2.93. The van der Waals surface area contributed by atoms with Crippen LogP contribution in [0.3, 0.4) is 0 Å². The summed E-state index contributed by atoms with van der Waals surface area (Å²) in [6.45, 7) is 6.69. The van der Waals surface area contributed by atoms with E-state index in [0.29, 0.717) is 6.04 Å². The molecule has 0 fully saturated rings. The highest BCUT2D eigenvalue weighted by molar-refractivity contribution is 5.04. The van der Waals surface area contributed by atoms with E-state index >= 15 is 0 Å². The first-order valence-electron chi connectivity index (χ1n) is 4.18. The van der Waals surface area contributed by atoms with Crippen LogP contribution in [0.1, 0.15) is 18.9 Å². The molecule has 0 aromatic carbocycles. The van der Waals surface area contributed by atoms with Gasteiger partial charge in [0.05, 0.1) is 12.5 Å². The summed E-state index contributed by atoms with van der Waals surface area (Å²) in [5.41, 5.74) is 1.19. The van der Waals surface area contributed by atoms with Crippen molar-refractivity contribution in [1.82, 2.24) is 5.32 Å². The van der Waals surface area contributed by atoms with Crippen molar-refractivity contribution in [3.63, 3.8) is 0 Å². The lowest BCUT2D eigenvalue weighted by atomic mass is 10.2. The molecule has 1 N–H and O–H groups in total. The van der Waals surface area contributed by atoms with Crippen LogP contribution in [0.4, 0.5) is 0 Å². The van der Waals surface area contributed by atoms with Gasteiger partial charge in [-0.05, 0) is 19.4 Å². The molecule has 1 heterocycles. The molecular formula is C10H15NO. The van der Waals surface area contributed by atoms with Crippen molar-refractivity contribution in [3.05, 3.63) is 36.8 Å². The van der Waals surface area contributed by atoms with Gasteiger partial charge in [0.15, 0.2) is 0 Å². The Labute approximate surface area is 73.3 Å². The van der Waals surface area contributed by atoms with Crippen molar-refractivity contribution in [2.24, 2.45) is 0 Å². The van der Waals surface area contributed by atoms with E-state index in [2.05, 4.69) is 18.8 Å². The molecule has 1 aromatic rings. The molecule has 0 aliphatic carbocycles. The van der Waals surface area contributed by atoms with Gasteiger partial charge in [0.2, 0.25) is 0 Å². The molecule has 0 bridgehead atoms. The van der Waals surface area contributed by atoms with Crippen LogP contribution in [0.2, 0.25) is 0 Å². The fourth-order valence-corrected chi connectivity index (χ4v) is 1.02. The molecule has 0 radical (unpaired) electrons. The number of nitrogens with one attached hydrogen (secondary N) is 1. The molecule has 0 saturated heterocycles. The fourth-order valence-electron chi connectivity index (χ4n) is 1.02. The molecule has 12 heavy (non-hydrogen) atoms. The van der Waals surface area contributed by atoms with Crippen molar-refractivity contribution < 1.29 is 4.42 Å². The lowest BCUT2D eigenvalue weighted by molar-refractivity contribution is 0.537. The van der Waals surface area contributed by atoms with Gasteiger partial charge in [0.1, 0.15) is 0 Å². The molecule has 66 valence electrons. The first-order chi connectivity index (χ1) is 5.83. The molecule has 0 aliphatic rings. The smallest absolute Gasteiger partial charge is 0.0947 e. The van der Waals surface area contributed by atoms with Gasteiger partial charge in [-0.3, -0.25) is 0 Å². The van der Waals surface area contributed by atoms with E-state index < -0.39 is 0 Å². The molecular weight excluding hydrogens is 150 g/mol. The summed E-state index contributed by atoms with van der Waals surface area (Å²) in [6, 6.07) is 2.45. The van der Waals surface area contributed by atoms with E-state index in [0.717, 1.165) is 13.0 Å². The Morgan fingerprint density at radius 2 is 2.58 bits per heavy atom. The highest BCUT2D eigenvalue weighted by Gasteiger charge is 1.98. The molecule has 1 atom stereocenters. The zero-order chi connectivity index (χ0) is 8.81. The highest BCUT2D eigenvalue weighted by Crippen LogP contribution is 2.00. The van der Waals surface area contributed by atoms with E-state index in [1.54, 1.807) is 12.5 Å². The second-order valence-corrected chi connectivity index (χ2v) is 2.94. The average molecular weight is 165 g/mol. The molecule has 1 unspecified atom stereocenters. The minimum Gasteiger partial charge on any atom is -0.472 e. The van der Waals surface area contributed by atoms with Crippen molar-refractivity contribution in [1.29, 1.82) is 0 Å². The summed E-state index contributed by atoms with van der Waals surface area (Å²) >= 11 is 0. The monoisotopic (exact) mass is 165 g/mol. The standard InChI is InChI=1S/C10H15NO/c1-3-4-9(2)11-7-10-5-6-12-8-10/h3,5-6,8-9,11H,1,4,7H2,2H3. The van der Waals surface area contributed by atoms with Crippen molar-refractivity contribution in [3.8, 4) is 0 Å². The molecule has 2 nitrogen and oxygen atoms in total. The third-order valence-electron chi connectivity index (χ3n) is 1.75. The number of hydrogen-bond donors (Lipinski definition) is 1. The Morgan fingerprint density at radius 1 is 1.75 bits per heavy atom. The predicted octanol–water partition coefficient (Wildman–Crippen LogP) is 2.33. The van der Waals surface area contributed by atoms with Gasteiger partial charge in [-0.1, -0.05) is 6.08 Å². The van der Waals surface area contributed by atoms with Gasteiger partial charge in [0, 0.05) is 18.2 Å². The Kier molecular flexibility index (Phi) is 3.61. The normalized spacial score (nSPS) is 12.8. The van der Waals surface area contributed by atoms with Gasteiger partial charge < -0.3 is 9.73 Å². The Morgan fingerprint density at radius 3 is 3.17 bits per heavy atom. The highest BCUT2D eigenvalue weighted by atomic mass is 16.3. The summed E-state index contributed by atoms with van der Waals surface area (Å²) in [6.07, 6.45) is 6.37. The molecule has 0 saturated carbocycles. The summed E-state index contributed by atoms with van der Waals surface area (Å²) in [5.74, 6) is 0. The quantitative estimate of drug-likeness (QED) is 0.677. The minimum absolute atomic E-state index is 0.484. The van der Waals surface area contributed by atoms with Crippen molar-refractivity contribution in [2.75, 3.05) is 0 Å². The maximum absolute atomic E-state index is 4.95. The molecule has 2 heteroatoms. The second-order valence-electron chi connectivity index (χ2n) is 2.94. The molecule has 0 aliphatic heterocycles. The topological polar surface area (TPSA) is 25.2 Å². The number of rotatable bonds is 5. The largest absolute Gasteiger partial charge is 0.472 e. The minimum atomic E-state index is 0.484. The summed E-state index contributed by atoms with van der Waals surface area (Å²) < 4.78 is 4.95. The second kappa shape index (κ2) is 4.78. The van der Waals surface area contributed by atoms with Gasteiger partial charge in [-0.15, -0.1) is 6.58 Å². The third-order valence-corrected chi connectivity index (χ3v) is 1.75. The first-order valence-corrected chi connectivity index (χ1v) is 4.18. The molecule has 1 rings (SSSR count). The van der Waals surface area contributed by atoms with Crippen LogP contribution >= 0.6 is 0 Å². The number of furan rings is 1. The van der Waals surface area contributed by atoms with Crippen LogP contribution in [0, 0.1) is 0 Å². The van der Waals surface area contributed by atoms with Crippen LogP contribution in [0.15, 0.2) is 35.7 Å². The predicted molar refractivity (Wildman–Crippen MR) is 49.8 cm³/mol. The van der Waals surface area contributed by atoms with Gasteiger partial charge in [-0.25, -0.2) is 0 Å². The lowest BCUT2D eigenvalue weighted by Gasteiger charge is -2.09. The zero-order valence-electron chi connectivity index (χ0n) is 7.42. The SMILES string of the molecule is C=CCC(C)NCc1ccoc1. The van der Waals surface area contributed by atoms with Crippen LogP contribution in [0.5, 0.6) is 0 Å². The average Bonchev–Trinajstić information content (AvgIpc) is 2.53. The van der Waals surface area contributed by atoms with Crippen molar-refractivity contribution >= 4 is 0 Å². The number of hydrogen-bond acceptors (Lipinski definition) is 2. The van der Waals surface area contributed by atoms with E-state index in [9.17, 15) is 0 Å². The van der Waals surface area contributed by atoms with E-state index in [-0.39, 0.29) is 0 Å². The van der Waals surface area contributed by atoms with Crippen LogP contribution < -0.4 is 5.32 Å². The Bertz CT molecular complexity index is 216. The maximum Gasteiger partial charge on any atom is 0.0947 e. The Hall–Kier alpha value is -1.02. The molecule has 1 aromatic heterocycles. The van der Waals surface area contributed by atoms with Gasteiger partial charge in [-0.2, -0.15) is 0 Å². The van der Waals surface area contributed by atoms with E-state index in [1.807, 2.05) is 12.1 Å². The zero-order valence-corrected chi connectivity index (χ0v) is 7.42. The molecule has 0 spiro atoms. The summed E-state index contributed by atoms with van der Waals surface area (Å²) in [5, 5.41) is 3.35. The summed E-state index contributed by atoms with van der Waals surface area (Å²) in [7, 11) is 0. The van der Waals surface area contributed by atoms with Gasteiger partial charge >= 0.3 is 0 Å². The maximum atomic E-state index is 4.95. The van der Waals surface area contributed by atoms with Crippen LogP contribution in [-0.2, 0) is 6.54 Å². The van der Waals surface area contributed by atoms with E-state index in [4.69, 9.17) is 4.42 Å².